The molecule has 134 valence electrons. The quantitative estimate of drug-likeness (QED) is 0.365. The molecular formula is C13H22O10. The lowest BCUT2D eigenvalue weighted by Crippen LogP contribution is -2.68. The number of carbonyl (C=O) groups excluding carboxylic acids is 3. The number of carbonyl (C=O) groups is 5. The third kappa shape index (κ3) is 8.14. The molecule has 0 spiro atoms. The van der Waals surface area contributed by atoms with Gasteiger partial charge < -0.3 is 25.5 Å². The van der Waals surface area contributed by atoms with Gasteiger partial charge in [-0.05, 0) is 20.8 Å². The van der Waals surface area contributed by atoms with E-state index >= 15 is 0 Å². The van der Waals surface area contributed by atoms with Crippen LogP contribution in [0.2, 0.25) is 0 Å². The summed E-state index contributed by atoms with van der Waals surface area (Å²) in [6.07, 6.45) is 0. The minimum atomic E-state index is -2.90. The number of hydrogen-bond acceptors (Lipinski definition) is 8. The molecule has 0 radical (unpaired) electrons. The number of hydrogen-bond donors (Lipinski definition) is 5. The number of aliphatic carboxylic acids is 2. The van der Waals surface area contributed by atoms with Crippen LogP contribution in [0.5, 0.6) is 0 Å². The summed E-state index contributed by atoms with van der Waals surface area (Å²) in [5.74, 6) is -4.92. The van der Waals surface area contributed by atoms with Gasteiger partial charge in [0.05, 0.1) is 6.61 Å². The van der Waals surface area contributed by atoms with Crippen LogP contribution in [-0.4, -0.2) is 72.6 Å². The van der Waals surface area contributed by atoms with Crippen molar-refractivity contribution >= 4 is 29.3 Å². The number of aliphatic hydroxyl groups is 3. The molecule has 0 aliphatic carbocycles. The largest absolute Gasteiger partial charge is 0.481 e. The Balaban J connectivity index is -0.000000413. The van der Waals surface area contributed by atoms with Crippen LogP contribution in [0.4, 0.5) is 0 Å². The molecule has 10 nitrogen and oxygen atoms in total. The molecule has 0 saturated heterocycles. The van der Waals surface area contributed by atoms with Crippen LogP contribution in [0, 0.1) is 0 Å². The van der Waals surface area contributed by atoms with Crippen LogP contribution < -0.4 is 0 Å². The first-order chi connectivity index (χ1) is 10.1. The molecule has 0 aromatic heterocycles. The summed E-state index contributed by atoms with van der Waals surface area (Å²) in [4.78, 5) is 51.3. The van der Waals surface area contributed by atoms with E-state index in [1.165, 1.54) is 0 Å². The van der Waals surface area contributed by atoms with E-state index in [9.17, 15) is 24.6 Å². The molecule has 0 rings (SSSR count). The zero-order valence-electron chi connectivity index (χ0n) is 13.5. The van der Waals surface area contributed by atoms with Gasteiger partial charge in [0.15, 0.2) is 23.0 Å². The van der Waals surface area contributed by atoms with Crippen LogP contribution in [0.25, 0.3) is 0 Å². The van der Waals surface area contributed by atoms with E-state index in [1.54, 1.807) is 0 Å². The van der Waals surface area contributed by atoms with E-state index < -0.39 is 47.1 Å². The average molecular weight is 338 g/mol. The van der Waals surface area contributed by atoms with E-state index in [0.717, 1.165) is 34.6 Å². The Hall–Kier alpha value is -2.17. The van der Waals surface area contributed by atoms with Crippen LogP contribution in [0.1, 0.15) is 34.6 Å². The molecule has 0 heterocycles. The molecule has 0 saturated carbocycles. The topological polar surface area (TPSA) is 186 Å². The van der Waals surface area contributed by atoms with E-state index in [4.69, 9.17) is 24.9 Å². The van der Waals surface area contributed by atoms with Crippen molar-refractivity contribution in [2.45, 2.75) is 45.8 Å². The molecule has 0 fully saturated rings. The molecule has 0 aromatic rings. The number of carboxylic acid groups (broad SMARTS) is 2. The van der Waals surface area contributed by atoms with Crippen molar-refractivity contribution in [3.63, 3.8) is 0 Å². The lowest BCUT2D eigenvalue weighted by atomic mass is 9.75. The molecule has 0 aromatic carbocycles. The highest BCUT2D eigenvalue weighted by atomic mass is 16.4. The summed E-state index contributed by atoms with van der Waals surface area (Å²) < 4.78 is 0. The molecule has 0 aliphatic heterocycles. The lowest BCUT2D eigenvalue weighted by Gasteiger charge is -2.36. The van der Waals surface area contributed by atoms with Gasteiger partial charge in [-0.2, -0.15) is 0 Å². The fraction of sp³-hybridized carbons (Fsp3) is 0.615. The summed E-state index contributed by atoms with van der Waals surface area (Å²) in [7, 11) is 0. The average Bonchev–Trinajstić information content (AvgIpc) is 2.34. The van der Waals surface area contributed by atoms with E-state index in [0.29, 0.717) is 0 Å². The zero-order chi connectivity index (χ0) is 19.6. The fourth-order valence-corrected chi connectivity index (χ4v) is 1.31. The summed E-state index contributed by atoms with van der Waals surface area (Å²) >= 11 is 0. The van der Waals surface area contributed by atoms with Gasteiger partial charge >= 0.3 is 0 Å². The Bertz CT molecular complexity index is 433. The minimum absolute atomic E-state index is 0.833. The zero-order valence-corrected chi connectivity index (χ0v) is 13.5. The van der Waals surface area contributed by atoms with Gasteiger partial charge in [-0.3, -0.25) is 24.0 Å². The molecule has 1 atom stereocenters. The highest BCUT2D eigenvalue weighted by Gasteiger charge is 2.59. The van der Waals surface area contributed by atoms with Crippen molar-refractivity contribution in [1.82, 2.24) is 0 Å². The predicted octanol–water partition coefficient (Wildman–Crippen LogP) is -1.61. The van der Waals surface area contributed by atoms with E-state index in [-0.39, 0.29) is 0 Å². The van der Waals surface area contributed by atoms with Crippen LogP contribution >= 0.6 is 0 Å². The molecule has 1 unspecified atom stereocenters. The SMILES string of the molecule is CC(=O)C(O)(CO)C(O)(C(C)=O)C(C)=O.CC(=O)O.CC(=O)O. The van der Waals surface area contributed by atoms with Crippen molar-refractivity contribution < 1.29 is 49.5 Å². The Labute approximate surface area is 132 Å². The van der Waals surface area contributed by atoms with Gasteiger partial charge in [0.25, 0.3) is 11.9 Å². The molecule has 23 heavy (non-hydrogen) atoms. The highest BCUT2D eigenvalue weighted by Crippen LogP contribution is 2.25. The van der Waals surface area contributed by atoms with Gasteiger partial charge in [-0.25, -0.2) is 0 Å². The van der Waals surface area contributed by atoms with Crippen LogP contribution in [0.3, 0.4) is 0 Å². The van der Waals surface area contributed by atoms with E-state index in [1.807, 2.05) is 0 Å². The molecule has 5 N–H and O–H groups in total. The Kier molecular flexibility index (Phi) is 11.8. The summed E-state index contributed by atoms with van der Waals surface area (Å²) in [6.45, 7) is 3.53. The maximum atomic E-state index is 11.1. The van der Waals surface area contributed by atoms with Crippen molar-refractivity contribution in [3.8, 4) is 0 Å². The van der Waals surface area contributed by atoms with Gasteiger partial charge in [0, 0.05) is 13.8 Å². The van der Waals surface area contributed by atoms with Crippen molar-refractivity contribution in [1.29, 1.82) is 0 Å². The van der Waals surface area contributed by atoms with Gasteiger partial charge in [0.1, 0.15) is 0 Å². The number of Topliss-reactive ketones (excluding diaryl/α,β-unsaturated/α-hetero) is 3. The summed E-state index contributed by atoms with van der Waals surface area (Å²) in [6, 6.07) is 0. The first kappa shape index (κ1) is 25.8. The molecular weight excluding hydrogens is 316 g/mol. The first-order valence-corrected chi connectivity index (χ1v) is 6.08. The Morgan fingerprint density at radius 3 is 0.957 bits per heavy atom. The maximum Gasteiger partial charge on any atom is 0.300 e. The number of ketones is 3. The molecule has 0 bridgehead atoms. The third-order valence-corrected chi connectivity index (χ3v) is 2.43. The maximum absolute atomic E-state index is 11.1. The third-order valence-electron chi connectivity index (χ3n) is 2.43. The fourth-order valence-electron chi connectivity index (χ4n) is 1.31. The lowest BCUT2D eigenvalue weighted by molar-refractivity contribution is -0.190. The second-order valence-corrected chi connectivity index (χ2v) is 4.44. The van der Waals surface area contributed by atoms with Crippen molar-refractivity contribution in [2.24, 2.45) is 0 Å². The standard InChI is InChI=1S/C9H14O6.2C2H4O2/c1-5(11)8(14,4-10)9(15,6(2)12)7(3)13;2*1-2(3)4/h10,14-15H,4H2,1-3H3;2*1H3,(H,3,4). The first-order valence-electron chi connectivity index (χ1n) is 6.08. The van der Waals surface area contributed by atoms with Crippen molar-refractivity contribution in [2.75, 3.05) is 6.61 Å². The Morgan fingerprint density at radius 2 is 0.913 bits per heavy atom. The Morgan fingerprint density at radius 1 is 0.696 bits per heavy atom. The number of carboxylic acids is 2. The smallest absolute Gasteiger partial charge is 0.300 e. The van der Waals surface area contributed by atoms with Gasteiger partial charge in [0.2, 0.25) is 5.60 Å². The summed E-state index contributed by atoms with van der Waals surface area (Å²) in [5.41, 5.74) is -5.68. The predicted molar refractivity (Wildman–Crippen MR) is 75.6 cm³/mol. The molecule has 10 heteroatoms. The normalized spacial score (nSPS) is 12.3. The molecule has 0 amide bonds. The van der Waals surface area contributed by atoms with Crippen LogP contribution in [0.15, 0.2) is 0 Å². The monoisotopic (exact) mass is 338 g/mol. The highest BCUT2D eigenvalue weighted by molar-refractivity contribution is 6.14. The molecule has 0 aliphatic rings. The number of aliphatic hydroxyl groups excluding tert-OH is 1. The van der Waals surface area contributed by atoms with Crippen LogP contribution in [-0.2, 0) is 24.0 Å². The van der Waals surface area contributed by atoms with E-state index in [2.05, 4.69) is 0 Å². The summed E-state index contributed by atoms with van der Waals surface area (Å²) in [5, 5.41) is 43.1. The van der Waals surface area contributed by atoms with Gasteiger partial charge in [-0.1, -0.05) is 0 Å². The van der Waals surface area contributed by atoms with Gasteiger partial charge in [-0.15, -0.1) is 0 Å². The number of rotatable bonds is 5. The minimum Gasteiger partial charge on any atom is -0.481 e. The van der Waals surface area contributed by atoms with Crippen molar-refractivity contribution in [3.05, 3.63) is 0 Å². The second-order valence-electron chi connectivity index (χ2n) is 4.44. The second kappa shape index (κ2) is 10.5.